The molecule has 0 aliphatic heterocycles. The summed E-state index contributed by atoms with van der Waals surface area (Å²) in [4.78, 5) is 2.42. The molecule has 0 spiro atoms. The summed E-state index contributed by atoms with van der Waals surface area (Å²) in [6.45, 7) is 5.02. The molecule has 1 aliphatic rings. The highest BCUT2D eigenvalue weighted by Crippen LogP contribution is 2.22. The van der Waals surface area contributed by atoms with Crippen LogP contribution in [0.4, 0.5) is 0 Å². The normalized spacial score (nSPS) is 28.3. The molecule has 1 aliphatic carbocycles. The molecule has 0 heterocycles. The van der Waals surface area contributed by atoms with Gasteiger partial charge >= 0.3 is 0 Å². The third-order valence-corrected chi connectivity index (χ3v) is 3.12. The Bertz CT molecular complexity index is 152. The Morgan fingerprint density at radius 2 is 2.21 bits per heavy atom. The smallest absolute Gasteiger partial charge is 0.0589 e. The maximum atomic E-state index is 9.59. The summed E-state index contributed by atoms with van der Waals surface area (Å²) < 4.78 is 5.09. The molecule has 1 saturated carbocycles. The van der Waals surface area contributed by atoms with Gasteiger partial charge in [0.1, 0.15) is 0 Å². The molecule has 2 atom stereocenters. The van der Waals surface area contributed by atoms with E-state index < -0.39 is 0 Å². The van der Waals surface area contributed by atoms with Crippen LogP contribution in [0.25, 0.3) is 0 Å². The Morgan fingerprint density at radius 1 is 1.43 bits per heavy atom. The van der Waals surface area contributed by atoms with Crippen LogP contribution < -0.4 is 0 Å². The standard InChI is InChI=1S/C11H23NO2/c1-3-12(7-8-14-2)10-5-4-6-11(13)9-10/h10-11,13H,3-9H2,1-2H3. The summed E-state index contributed by atoms with van der Waals surface area (Å²) in [5.41, 5.74) is 0. The lowest BCUT2D eigenvalue weighted by Gasteiger charge is -2.35. The van der Waals surface area contributed by atoms with Crippen LogP contribution in [0.5, 0.6) is 0 Å². The fourth-order valence-corrected chi connectivity index (χ4v) is 2.28. The minimum Gasteiger partial charge on any atom is -0.393 e. The van der Waals surface area contributed by atoms with Gasteiger partial charge in [-0.2, -0.15) is 0 Å². The summed E-state index contributed by atoms with van der Waals surface area (Å²) in [6.07, 6.45) is 4.24. The van der Waals surface area contributed by atoms with Gasteiger partial charge in [0.25, 0.3) is 0 Å². The number of rotatable bonds is 5. The average Bonchev–Trinajstić information content (AvgIpc) is 2.19. The molecular formula is C11H23NO2. The van der Waals surface area contributed by atoms with Crippen LogP contribution in [0, 0.1) is 0 Å². The Balaban J connectivity index is 2.34. The number of aliphatic hydroxyl groups excluding tert-OH is 1. The largest absolute Gasteiger partial charge is 0.393 e. The SMILES string of the molecule is CCN(CCOC)C1CCCC(O)C1. The van der Waals surface area contributed by atoms with E-state index in [1.807, 2.05) is 0 Å². The van der Waals surface area contributed by atoms with E-state index in [0.717, 1.165) is 39.0 Å². The van der Waals surface area contributed by atoms with Crippen molar-refractivity contribution in [1.29, 1.82) is 0 Å². The van der Waals surface area contributed by atoms with Crippen LogP contribution in [0.3, 0.4) is 0 Å². The lowest BCUT2D eigenvalue weighted by molar-refractivity contribution is 0.0503. The first-order valence-electron chi connectivity index (χ1n) is 5.69. The summed E-state index contributed by atoms with van der Waals surface area (Å²) >= 11 is 0. The first-order valence-corrected chi connectivity index (χ1v) is 5.69. The monoisotopic (exact) mass is 201 g/mol. The van der Waals surface area contributed by atoms with E-state index >= 15 is 0 Å². The van der Waals surface area contributed by atoms with E-state index in [0.29, 0.717) is 6.04 Å². The van der Waals surface area contributed by atoms with Crippen molar-refractivity contribution in [2.75, 3.05) is 26.8 Å². The lowest BCUT2D eigenvalue weighted by atomic mass is 9.92. The third kappa shape index (κ3) is 3.56. The number of likely N-dealkylation sites (N-methyl/N-ethyl adjacent to an activating group) is 1. The molecule has 3 nitrogen and oxygen atoms in total. The molecule has 0 radical (unpaired) electrons. The maximum absolute atomic E-state index is 9.59. The van der Waals surface area contributed by atoms with Crippen LogP contribution in [0.2, 0.25) is 0 Å². The van der Waals surface area contributed by atoms with Gasteiger partial charge in [-0.3, -0.25) is 4.90 Å². The van der Waals surface area contributed by atoms with Crippen LogP contribution in [0.15, 0.2) is 0 Å². The van der Waals surface area contributed by atoms with Crippen LogP contribution in [-0.2, 0) is 4.74 Å². The molecule has 0 aromatic rings. The minimum atomic E-state index is -0.0784. The first-order chi connectivity index (χ1) is 6.77. The van der Waals surface area contributed by atoms with Gasteiger partial charge in [-0.15, -0.1) is 0 Å². The van der Waals surface area contributed by atoms with E-state index in [2.05, 4.69) is 11.8 Å². The lowest BCUT2D eigenvalue weighted by Crippen LogP contribution is -2.41. The predicted octanol–water partition coefficient (Wildman–Crippen LogP) is 1.26. The summed E-state index contributed by atoms with van der Waals surface area (Å²) in [5.74, 6) is 0. The Labute approximate surface area is 87.1 Å². The van der Waals surface area contributed by atoms with E-state index in [4.69, 9.17) is 4.74 Å². The van der Waals surface area contributed by atoms with Crippen LogP contribution in [-0.4, -0.2) is 49.0 Å². The molecule has 3 heteroatoms. The average molecular weight is 201 g/mol. The van der Waals surface area contributed by atoms with Gasteiger partial charge in [0, 0.05) is 19.7 Å². The molecule has 0 bridgehead atoms. The van der Waals surface area contributed by atoms with Crippen molar-refractivity contribution < 1.29 is 9.84 Å². The zero-order valence-corrected chi connectivity index (χ0v) is 9.41. The molecule has 1 N–H and O–H groups in total. The maximum Gasteiger partial charge on any atom is 0.0589 e. The van der Waals surface area contributed by atoms with Gasteiger partial charge in [0.05, 0.1) is 12.7 Å². The van der Waals surface area contributed by atoms with Gasteiger partial charge in [0.2, 0.25) is 0 Å². The molecule has 14 heavy (non-hydrogen) atoms. The quantitative estimate of drug-likeness (QED) is 0.727. The Morgan fingerprint density at radius 3 is 2.79 bits per heavy atom. The van der Waals surface area contributed by atoms with Gasteiger partial charge in [-0.1, -0.05) is 6.92 Å². The van der Waals surface area contributed by atoms with Crippen molar-refractivity contribution in [2.45, 2.75) is 44.8 Å². The number of nitrogens with zero attached hydrogens (tertiary/aromatic N) is 1. The van der Waals surface area contributed by atoms with Crippen molar-refractivity contribution >= 4 is 0 Å². The van der Waals surface area contributed by atoms with Gasteiger partial charge in [-0.05, 0) is 32.2 Å². The minimum absolute atomic E-state index is 0.0784. The van der Waals surface area contributed by atoms with Gasteiger partial charge in [0.15, 0.2) is 0 Å². The van der Waals surface area contributed by atoms with Crippen molar-refractivity contribution in [3.63, 3.8) is 0 Å². The molecule has 1 rings (SSSR count). The predicted molar refractivity (Wildman–Crippen MR) is 57.4 cm³/mol. The summed E-state index contributed by atoms with van der Waals surface area (Å²) in [7, 11) is 1.74. The summed E-state index contributed by atoms with van der Waals surface area (Å²) in [5, 5.41) is 9.59. The number of ether oxygens (including phenoxy) is 1. The van der Waals surface area contributed by atoms with E-state index in [-0.39, 0.29) is 6.10 Å². The van der Waals surface area contributed by atoms with E-state index in [1.165, 1.54) is 6.42 Å². The Hall–Kier alpha value is -0.120. The fourth-order valence-electron chi connectivity index (χ4n) is 2.28. The van der Waals surface area contributed by atoms with Crippen molar-refractivity contribution in [1.82, 2.24) is 4.90 Å². The second kappa shape index (κ2) is 6.38. The topological polar surface area (TPSA) is 32.7 Å². The molecule has 0 aromatic carbocycles. The molecule has 0 saturated heterocycles. The molecule has 84 valence electrons. The number of hydrogen-bond acceptors (Lipinski definition) is 3. The van der Waals surface area contributed by atoms with Gasteiger partial charge < -0.3 is 9.84 Å². The highest BCUT2D eigenvalue weighted by atomic mass is 16.5. The highest BCUT2D eigenvalue weighted by molar-refractivity contribution is 4.79. The van der Waals surface area contributed by atoms with Crippen molar-refractivity contribution in [3.8, 4) is 0 Å². The van der Waals surface area contributed by atoms with Crippen molar-refractivity contribution in [3.05, 3.63) is 0 Å². The zero-order valence-electron chi connectivity index (χ0n) is 9.41. The van der Waals surface area contributed by atoms with E-state index in [1.54, 1.807) is 7.11 Å². The van der Waals surface area contributed by atoms with Crippen molar-refractivity contribution in [2.24, 2.45) is 0 Å². The summed E-state index contributed by atoms with van der Waals surface area (Å²) in [6, 6.07) is 0.568. The second-order valence-electron chi connectivity index (χ2n) is 4.10. The fraction of sp³-hybridized carbons (Fsp3) is 1.00. The molecule has 1 fully saturated rings. The number of methoxy groups -OCH3 is 1. The zero-order chi connectivity index (χ0) is 10.4. The molecule has 2 unspecified atom stereocenters. The Kier molecular flexibility index (Phi) is 5.45. The highest BCUT2D eigenvalue weighted by Gasteiger charge is 2.24. The first kappa shape index (κ1) is 12.0. The second-order valence-corrected chi connectivity index (χ2v) is 4.10. The number of aliphatic hydroxyl groups is 1. The number of hydrogen-bond donors (Lipinski definition) is 1. The van der Waals surface area contributed by atoms with Crippen LogP contribution >= 0.6 is 0 Å². The van der Waals surface area contributed by atoms with Gasteiger partial charge in [-0.25, -0.2) is 0 Å². The van der Waals surface area contributed by atoms with Crippen LogP contribution in [0.1, 0.15) is 32.6 Å². The molecular weight excluding hydrogens is 178 g/mol. The molecule has 0 aromatic heterocycles. The third-order valence-electron chi connectivity index (χ3n) is 3.12. The van der Waals surface area contributed by atoms with E-state index in [9.17, 15) is 5.11 Å². The molecule has 0 amide bonds.